The first-order chi connectivity index (χ1) is 13.5. The molecule has 0 aromatic carbocycles. The van der Waals surface area contributed by atoms with Gasteiger partial charge < -0.3 is 20.3 Å². The van der Waals surface area contributed by atoms with Gasteiger partial charge in [-0.25, -0.2) is 4.79 Å². The highest BCUT2D eigenvalue weighted by Crippen LogP contribution is 2.14. The number of hydrogen-bond donors (Lipinski definition) is 2. The van der Waals surface area contributed by atoms with Crippen LogP contribution in [0.2, 0.25) is 0 Å². The topological polar surface area (TPSA) is 83.8 Å². The number of nitrogens with zero attached hydrogens (tertiary/aromatic N) is 4. The standard InChI is InChI=1S/C21H40N6O2/c1-10-12-27(20(28)29-21(5,6)7)13-11-23-19(22-8)24-15(2)14-18-16(3)25-26(9)17(18)4/h15H,10-14H2,1-9H3,(H2,22,23,24). The minimum Gasteiger partial charge on any atom is -0.444 e. The number of rotatable bonds is 8. The second kappa shape index (κ2) is 11.1. The average Bonchev–Trinajstić information content (AvgIpc) is 2.84. The summed E-state index contributed by atoms with van der Waals surface area (Å²) in [7, 11) is 3.72. The molecule has 1 unspecified atom stereocenters. The van der Waals surface area contributed by atoms with E-state index in [1.807, 2.05) is 39.4 Å². The predicted molar refractivity (Wildman–Crippen MR) is 118 cm³/mol. The summed E-state index contributed by atoms with van der Waals surface area (Å²) in [5, 5.41) is 11.2. The van der Waals surface area contributed by atoms with Crippen LogP contribution < -0.4 is 10.6 Å². The fraction of sp³-hybridized carbons (Fsp3) is 0.762. The van der Waals surface area contributed by atoms with E-state index in [-0.39, 0.29) is 12.1 Å². The van der Waals surface area contributed by atoms with Gasteiger partial charge in [-0.15, -0.1) is 0 Å². The highest BCUT2D eigenvalue weighted by Gasteiger charge is 2.21. The van der Waals surface area contributed by atoms with Gasteiger partial charge in [-0.2, -0.15) is 5.10 Å². The van der Waals surface area contributed by atoms with Crippen LogP contribution in [0.25, 0.3) is 0 Å². The SMILES string of the molecule is CCCN(CCNC(=NC)NC(C)Cc1c(C)nn(C)c1C)C(=O)OC(C)(C)C. The van der Waals surface area contributed by atoms with Crippen LogP contribution in [0.5, 0.6) is 0 Å². The van der Waals surface area contributed by atoms with Crippen LogP contribution in [0, 0.1) is 13.8 Å². The van der Waals surface area contributed by atoms with Gasteiger partial charge in [0.25, 0.3) is 0 Å². The maximum atomic E-state index is 12.4. The number of aryl methyl sites for hydroxylation is 2. The Morgan fingerprint density at radius 3 is 2.45 bits per heavy atom. The molecule has 0 spiro atoms. The van der Waals surface area contributed by atoms with Crippen molar-refractivity contribution in [1.29, 1.82) is 0 Å². The molecule has 0 aliphatic heterocycles. The van der Waals surface area contributed by atoms with Crippen molar-refractivity contribution in [3.8, 4) is 0 Å². The van der Waals surface area contributed by atoms with Gasteiger partial charge >= 0.3 is 6.09 Å². The number of nitrogens with one attached hydrogen (secondary N) is 2. The molecule has 0 fully saturated rings. The van der Waals surface area contributed by atoms with Gasteiger partial charge in [0.05, 0.1) is 5.69 Å². The number of carbonyl (C=O) groups excluding carboxylic acids is 1. The Balaban J connectivity index is 2.56. The van der Waals surface area contributed by atoms with E-state index in [4.69, 9.17) is 4.74 Å². The van der Waals surface area contributed by atoms with Gasteiger partial charge in [0.1, 0.15) is 5.60 Å². The molecule has 2 N–H and O–H groups in total. The van der Waals surface area contributed by atoms with Crippen LogP contribution in [0.4, 0.5) is 4.79 Å². The average molecular weight is 409 g/mol. The molecule has 1 amide bonds. The molecule has 1 atom stereocenters. The van der Waals surface area contributed by atoms with E-state index < -0.39 is 5.60 Å². The lowest BCUT2D eigenvalue weighted by Crippen LogP contribution is -2.47. The highest BCUT2D eigenvalue weighted by atomic mass is 16.6. The summed E-state index contributed by atoms with van der Waals surface area (Å²) in [4.78, 5) is 18.4. The summed E-state index contributed by atoms with van der Waals surface area (Å²) in [6.07, 6.45) is 1.47. The molecule has 1 heterocycles. The van der Waals surface area contributed by atoms with Crippen LogP contribution in [-0.4, -0.2) is 65.1 Å². The van der Waals surface area contributed by atoms with E-state index in [1.54, 1.807) is 11.9 Å². The molecule has 1 aromatic rings. The minimum atomic E-state index is -0.494. The summed E-state index contributed by atoms with van der Waals surface area (Å²) in [6.45, 7) is 15.8. The number of aromatic nitrogens is 2. The smallest absolute Gasteiger partial charge is 0.410 e. The molecule has 0 aliphatic carbocycles. The number of aliphatic imine (C=N–C) groups is 1. The third-order valence-corrected chi connectivity index (χ3v) is 4.60. The summed E-state index contributed by atoms with van der Waals surface area (Å²) >= 11 is 0. The van der Waals surface area contributed by atoms with Crippen LogP contribution in [0.1, 0.15) is 58.0 Å². The lowest BCUT2D eigenvalue weighted by atomic mass is 10.1. The summed E-state index contributed by atoms with van der Waals surface area (Å²) in [5.74, 6) is 0.720. The zero-order valence-corrected chi connectivity index (χ0v) is 19.7. The predicted octanol–water partition coefficient (Wildman–Crippen LogP) is 2.78. The third-order valence-electron chi connectivity index (χ3n) is 4.60. The molecule has 1 rings (SSSR count). The first-order valence-electron chi connectivity index (χ1n) is 10.4. The maximum absolute atomic E-state index is 12.4. The molecular weight excluding hydrogens is 368 g/mol. The number of amides is 1. The molecule has 0 aliphatic rings. The zero-order valence-electron chi connectivity index (χ0n) is 19.7. The number of hydrogen-bond acceptors (Lipinski definition) is 4. The molecule has 0 radical (unpaired) electrons. The van der Waals surface area contributed by atoms with Gasteiger partial charge in [0.15, 0.2) is 5.96 Å². The molecule has 1 aromatic heterocycles. The van der Waals surface area contributed by atoms with Crippen molar-refractivity contribution >= 4 is 12.1 Å². The first-order valence-corrected chi connectivity index (χ1v) is 10.4. The van der Waals surface area contributed by atoms with Gasteiger partial charge in [0.2, 0.25) is 0 Å². The van der Waals surface area contributed by atoms with E-state index in [1.165, 1.54) is 11.3 Å². The van der Waals surface area contributed by atoms with Crippen LogP contribution in [-0.2, 0) is 18.2 Å². The Kier molecular flexibility index (Phi) is 9.46. The quantitative estimate of drug-likeness (QED) is 0.510. The van der Waals surface area contributed by atoms with E-state index in [2.05, 4.69) is 41.5 Å². The van der Waals surface area contributed by atoms with Crippen molar-refractivity contribution in [3.05, 3.63) is 17.0 Å². The molecule has 166 valence electrons. The van der Waals surface area contributed by atoms with E-state index in [0.29, 0.717) is 19.6 Å². The van der Waals surface area contributed by atoms with Gasteiger partial charge in [0, 0.05) is 45.5 Å². The minimum absolute atomic E-state index is 0.195. The van der Waals surface area contributed by atoms with E-state index in [9.17, 15) is 4.79 Å². The normalized spacial score (nSPS) is 13.2. The molecule has 0 bridgehead atoms. The van der Waals surface area contributed by atoms with Crippen LogP contribution >= 0.6 is 0 Å². The second-order valence-corrected chi connectivity index (χ2v) is 8.49. The Morgan fingerprint density at radius 1 is 1.31 bits per heavy atom. The monoisotopic (exact) mass is 408 g/mol. The van der Waals surface area contributed by atoms with Crippen LogP contribution in [0.3, 0.4) is 0 Å². The maximum Gasteiger partial charge on any atom is 0.410 e. The second-order valence-electron chi connectivity index (χ2n) is 8.49. The van der Waals surface area contributed by atoms with Crippen molar-refractivity contribution < 1.29 is 9.53 Å². The third kappa shape index (κ3) is 8.33. The molecule has 29 heavy (non-hydrogen) atoms. The zero-order chi connectivity index (χ0) is 22.2. The Labute approximate surface area is 176 Å². The van der Waals surface area contributed by atoms with Crippen LogP contribution in [0.15, 0.2) is 4.99 Å². The fourth-order valence-corrected chi connectivity index (χ4v) is 3.10. The number of guanidine groups is 1. The number of carbonyl (C=O) groups is 1. The van der Waals surface area contributed by atoms with E-state index in [0.717, 1.165) is 24.5 Å². The molecule has 0 saturated heterocycles. The van der Waals surface area contributed by atoms with Crippen molar-refractivity contribution in [1.82, 2.24) is 25.3 Å². The first kappa shape index (κ1) is 24.8. The van der Waals surface area contributed by atoms with Gasteiger partial charge in [-0.3, -0.25) is 9.67 Å². The Morgan fingerprint density at radius 2 is 1.97 bits per heavy atom. The highest BCUT2D eigenvalue weighted by molar-refractivity contribution is 5.80. The lowest BCUT2D eigenvalue weighted by Gasteiger charge is -2.27. The van der Waals surface area contributed by atoms with Crippen molar-refractivity contribution in [2.75, 3.05) is 26.7 Å². The van der Waals surface area contributed by atoms with Crippen molar-refractivity contribution in [2.45, 2.75) is 73.0 Å². The van der Waals surface area contributed by atoms with Crippen molar-refractivity contribution in [3.63, 3.8) is 0 Å². The molecule has 0 saturated carbocycles. The Bertz CT molecular complexity index is 690. The largest absolute Gasteiger partial charge is 0.444 e. The summed E-state index contributed by atoms with van der Waals surface area (Å²) in [6, 6.07) is 0.195. The summed E-state index contributed by atoms with van der Waals surface area (Å²) in [5.41, 5.74) is 3.02. The molecular formula is C21H40N6O2. The summed E-state index contributed by atoms with van der Waals surface area (Å²) < 4.78 is 7.42. The molecule has 8 heteroatoms. The van der Waals surface area contributed by atoms with Crippen molar-refractivity contribution in [2.24, 2.45) is 12.0 Å². The fourth-order valence-electron chi connectivity index (χ4n) is 3.10. The lowest BCUT2D eigenvalue weighted by molar-refractivity contribution is 0.0253. The van der Waals surface area contributed by atoms with E-state index >= 15 is 0 Å². The Hall–Kier alpha value is -2.25. The van der Waals surface area contributed by atoms with Gasteiger partial charge in [-0.1, -0.05) is 6.92 Å². The van der Waals surface area contributed by atoms with Gasteiger partial charge in [-0.05, 0) is 59.9 Å². The molecule has 8 nitrogen and oxygen atoms in total. The number of ether oxygens (including phenoxy) is 1.